The third-order valence-corrected chi connectivity index (χ3v) is 4.15. The summed E-state index contributed by atoms with van der Waals surface area (Å²) >= 11 is 3.26. The highest BCUT2D eigenvalue weighted by Crippen LogP contribution is 2.53. The molecular formula is C14H16BrNO6. The van der Waals surface area contributed by atoms with Crippen LogP contribution in [-0.4, -0.2) is 48.2 Å². The molecule has 2 heterocycles. The highest BCUT2D eigenvalue weighted by atomic mass is 79.9. The van der Waals surface area contributed by atoms with Crippen molar-refractivity contribution in [3.63, 3.8) is 0 Å². The zero-order valence-corrected chi connectivity index (χ0v) is 14.0. The molecule has 0 saturated heterocycles. The summed E-state index contributed by atoms with van der Waals surface area (Å²) in [7, 11) is 1.41. The Balaban J connectivity index is 2.62. The van der Waals surface area contributed by atoms with Crippen LogP contribution in [0.25, 0.3) is 0 Å². The Morgan fingerprint density at radius 2 is 1.68 bits per heavy atom. The number of likely N-dealkylation sites (N-methyl/N-ethyl adjacent to an activating group) is 1. The van der Waals surface area contributed by atoms with Gasteiger partial charge in [0.05, 0.1) is 24.4 Å². The number of alkyl halides is 1. The first-order valence-corrected chi connectivity index (χ1v) is 7.56. The third kappa shape index (κ3) is 2.26. The molecule has 8 heteroatoms. The van der Waals surface area contributed by atoms with Crippen LogP contribution in [0, 0.1) is 0 Å². The average molecular weight is 374 g/mol. The van der Waals surface area contributed by atoms with Gasteiger partial charge in [0.1, 0.15) is 0 Å². The number of halogens is 1. The van der Waals surface area contributed by atoms with Gasteiger partial charge in [-0.25, -0.2) is 9.59 Å². The van der Waals surface area contributed by atoms with E-state index in [-0.39, 0.29) is 24.4 Å². The van der Waals surface area contributed by atoms with Crippen LogP contribution in [-0.2, 0) is 28.6 Å². The van der Waals surface area contributed by atoms with Crippen molar-refractivity contribution in [2.75, 3.05) is 20.3 Å². The lowest BCUT2D eigenvalue weighted by molar-refractivity contribution is -0.145. The molecule has 0 fully saturated rings. The molecule has 0 aromatic heterocycles. The van der Waals surface area contributed by atoms with E-state index in [4.69, 9.17) is 14.2 Å². The smallest absolute Gasteiger partial charge is 0.338 e. The van der Waals surface area contributed by atoms with Crippen LogP contribution in [0.5, 0.6) is 0 Å². The molecule has 2 rings (SSSR count). The number of rotatable bonds is 5. The molecule has 1 amide bonds. The fourth-order valence-corrected chi connectivity index (χ4v) is 3.22. The Hall–Kier alpha value is -1.67. The summed E-state index contributed by atoms with van der Waals surface area (Å²) in [5.74, 6) is -2.11. The molecule has 22 heavy (non-hydrogen) atoms. The van der Waals surface area contributed by atoms with Gasteiger partial charge in [-0.2, -0.15) is 0 Å². The molecule has 2 aliphatic heterocycles. The molecule has 0 spiro atoms. The second-order valence-corrected chi connectivity index (χ2v) is 5.76. The number of esters is 2. The molecule has 0 aliphatic carbocycles. The second kappa shape index (κ2) is 5.85. The van der Waals surface area contributed by atoms with Gasteiger partial charge in [0.25, 0.3) is 5.91 Å². The molecule has 0 saturated carbocycles. The Kier molecular flexibility index (Phi) is 4.44. The molecular weight excluding hydrogens is 358 g/mol. The minimum Gasteiger partial charge on any atom is -0.463 e. The number of carbonyl (C=O) groups excluding carboxylic acids is 3. The van der Waals surface area contributed by atoms with Crippen LogP contribution in [0.4, 0.5) is 0 Å². The quantitative estimate of drug-likeness (QED) is 0.430. The van der Waals surface area contributed by atoms with Gasteiger partial charge in [-0.05, 0) is 41.9 Å². The maximum atomic E-state index is 12.3. The Bertz CT molecular complexity index is 598. The molecule has 120 valence electrons. The van der Waals surface area contributed by atoms with Crippen molar-refractivity contribution >= 4 is 33.8 Å². The molecule has 1 N–H and O–H groups in total. The highest BCUT2D eigenvalue weighted by Gasteiger charge is 2.64. The summed E-state index contributed by atoms with van der Waals surface area (Å²) in [6, 6.07) is 0. The van der Waals surface area contributed by atoms with Gasteiger partial charge in [-0.3, -0.25) is 4.79 Å². The Labute approximate surface area is 135 Å². The first-order chi connectivity index (χ1) is 10.4. The number of ether oxygens (including phenoxy) is 3. The van der Waals surface area contributed by atoms with Crippen molar-refractivity contribution in [2.45, 2.75) is 24.0 Å². The van der Waals surface area contributed by atoms with Gasteiger partial charge in [0.15, 0.2) is 10.1 Å². The van der Waals surface area contributed by atoms with Gasteiger partial charge < -0.3 is 19.5 Å². The van der Waals surface area contributed by atoms with E-state index < -0.39 is 28.0 Å². The third-order valence-electron chi connectivity index (χ3n) is 3.33. The summed E-state index contributed by atoms with van der Waals surface area (Å²) in [6.45, 7) is 3.49. The summed E-state index contributed by atoms with van der Waals surface area (Å²) in [6.07, 6.45) is 2.92. The van der Waals surface area contributed by atoms with Crippen molar-refractivity contribution in [3.05, 3.63) is 23.3 Å². The number of carbonyl (C=O) groups is 3. The number of hydrogen-bond acceptors (Lipinski definition) is 6. The fourth-order valence-electron chi connectivity index (χ4n) is 2.47. The normalized spacial score (nSPS) is 28.7. The van der Waals surface area contributed by atoms with E-state index in [0.29, 0.717) is 0 Å². The molecule has 2 bridgehead atoms. The minimum atomic E-state index is -1.70. The topological polar surface area (TPSA) is 90.9 Å². The van der Waals surface area contributed by atoms with Crippen LogP contribution < -0.4 is 5.32 Å². The SMILES string of the molecule is CCOC(=O)C1=C(C(=O)OCC)C2(C(=O)NC)C=CC1(Br)O2. The minimum absolute atomic E-state index is 0.0705. The van der Waals surface area contributed by atoms with Gasteiger partial charge >= 0.3 is 11.9 Å². The van der Waals surface area contributed by atoms with Crippen molar-refractivity contribution in [1.29, 1.82) is 0 Å². The predicted molar refractivity (Wildman–Crippen MR) is 79.0 cm³/mol. The fraction of sp³-hybridized carbons (Fsp3) is 0.500. The van der Waals surface area contributed by atoms with Crippen LogP contribution in [0.3, 0.4) is 0 Å². The maximum absolute atomic E-state index is 12.3. The first-order valence-electron chi connectivity index (χ1n) is 6.77. The van der Waals surface area contributed by atoms with Gasteiger partial charge in [0.2, 0.25) is 0 Å². The summed E-state index contributed by atoms with van der Waals surface area (Å²) in [5.41, 5.74) is -1.93. The van der Waals surface area contributed by atoms with Crippen LogP contribution in [0.15, 0.2) is 23.3 Å². The van der Waals surface area contributed by atoms with Crippen molar-refractivity contribution < 1.29 is 28.6 Å². The molecule has 2 unspecified atom stereocenters. The lowest BCUT2D eigenvalue weighted by Crippen LogP contribution is -2.47. The first kappa shape index (κ1) is 16.7. The van der Waals surface area contributed by atoms with Gasteiger partial charge in [-0.1, -0.05) is 0 Å². The van der Waals surface area contributed by atoms with Gasteiger partial charge in [-0.15, -0.1) is 0 Å². The number of amides is 1. The van der Waals surface area contributed by atoms with E-state index in [1.165, 1.54) is 19.2 Å². The zero-order valence-electron chi connectivity index (χ0n) is 12.4. The van der Waals surface area contributed by atoms with E-state index in [1.54, 1.807) is 13.8 Å². The second-order valence-electron chi connectivity index (χ2n) is 4.59. The number of hydrogen-bond donors (Lipinski definition) is 1. The van der Waals surface area contributed by atoms with E-state index in [9.17, 15) is 14.4 Å². The van der Waals surface area contributed by atoms with Crippen molar-refractivity contribution in [3.8, 4) is 0 Å². The van der Waals surface area contributed by atoms with Gasteiger partial charge in [0, 0.05) is 7.05 Å². The molecule has 0 radical (unpaired) electrons. The lowest BCUT2D eigenvalue weighted by atomic mass is 9.86. The summed E-state index contributed by atoms with van der Waals surface area (Å²) in [5, 5.41) is 2.43. The lowest BCUT2D eigenvalue weighted by Gasteiger charge is -2.23. The predicted octanol–water partition coefficient (Wildman–Crippen LogP) is 0.585. The largest absolute Gasteiger partial charge is 0.463 e. The number of nitrogens with one attached hydrogen (secondary N) is 1. The Morgan fingerprint density at radius 3 is 2.18 bits per heavy atom. The summed E-state index contributed by atoms with van der Waals surface area (Å²) < 4.78 is 14.3. The van der Waals surface area contributed by atoms with Crippen molar-refractivity contribution in [2.24, 2.45) is 0 Å². The molecule has 0 aromatic carbocycles. The van der Waals surface area contributed by atoms with E-state index in [2.05, 4.69) is 21.2 Å². The molecule has 2 aliphatic rings. The Morgan fingerprint density at radius 1 is 1.14 bits per heavy atom. The maximum Gasteiger partial charge on any atom is 0.338 e. The summed E-state index contributed by atoms with van der Waals surface area (Å²) in [4.78, 5) is 36.8. The van der Waals surface area contributed by atoms with Crippen molar-refractivity contribution in [1.82, 2.24) is 5.32 Å². The molecule has 7 nitrogen and oxygen atoms in total. The number of fused-ring (bicyclic) bond motifs is 2. The monoisotopic (exact) mass is 373 g/mol. The zero-order chi connectivity index (χ0) is 16.5. The molecule has 0 aromatic rings. The highest BCUT2D eigenvalue weighted by molar-refractivity contribution is 9.10. The molecule has 2 atom stereocenters. The van der Waals surface area contributed by atoms with E-state index in [0.717, 1.165) is 0 Å². The van der Waals surface area contributed by atoms with Crippen LogP contribution >= 0.6 is 15.9 Å². The van der Waals surface area contributed by atoms with Crippen LogP contribution in [0.1, 0.15) is 13.8 Å². The van der Waals surface area contributed by atoms with Crippen LogP contribution in [0.2, 0.25) is 0 Å². The van der Waals surface area contributed by atoms with E-state index in [1.807, 2.05) is 0 Å². The van der Waals surface area contributed by atoms with E-state index >= 15 is 0 Å². The average Bonchev–Trinajstić information content (AvgIpc) is 2.96. The standard InChI is InChI=1S/C14H16BrNO6/c1-4-20-10(17)8-9(11(18)21-5-2)14(15)7-6-13(8,22-14)12(19)16-3/h6-7H,4-5H2,1-3H3,(H,16,19).